The molecule has 5 nitrogen and oxygen atoms in total. The van der Waals surface area contributed by atoms with Crippen molar-refractivity contribution in [3.05, 3.63) is 82.8 Å². The highest BCUT2D eigenvalue weighted by Gasteiger charge is 2.14. The van der Waals surface area contributed by atoms with Crippen LogP contribution in [-0.2, 0) is 6.54 Å². The number of nitrogens with one attached hydrogen (secondary N) is 1. The average molecular weight is 387 g/mol. The number of amides is 1. The van der Waals surface area contributed by atoms with Gasteiger partial charge in [0.25, 0.3) is 5.91 Å². The van der Waals surface area contributed by atoms with Gasteiger partial charge in [0.1, 0.15) is 17.3 Å². The Hall–Kier alpha value is -3.12. The van der Waals surface area contributed by atoms with Crippen molar-refractivity contribution >= 4 is 17.5 Å². The van der Waals surface area contributed by atoms with Crippen LogP contribution in [0.2, 0.25) is 5.02 Å². The van der Waals surface area contributed by atoms with Gasteiger partial charge in [0.05, 0.1) is 12.7 Å². The minimum absolute atomic E-state index is 0.170. The van der Waals surface area contributed by atoms with Gasteiger partial charge >= 0.3 is 0 Å². The quantitative estimate of drug-likeness (QED) is 0.672. The molecular weight excluding hydrogens is 371 g/mol. The van der Waals surface area contributed by atoms with Crippen molar-refractivity contribution in [1.29, 1.82) is 0 Å². The highest BCUT2D eigenvalue weighted by atomic mass is 35.5. The lowest BCUT2D eigenvalue weighted by Gasteiger charge is -2.12. The minimum atomic E-state index is -0.409. The third kappa shape index (κ3) is 4.74. The number of hydrogen-bond acceptors (Lipinski definition) is 4. The number of aromatic nitrogens is 1. The molecule has 0 atom stereocenters. The lowest BCUT2D eigenvalue weighted by Crippen LogP contribution is -2.23. The number of halogens is 2. The van der Waals surface area contributed by atoms with Crippen LogP contribution in [-0.4, -0.2) is 18.0 Å². The monoisotopic (exact) mass is 386 g/mol. The van der Waals surface area contributed by atoms with Crippen LogP contribution in [0.25, 0.3) is 0 Å². The molecule has 1 amide bonds. The number of carbonyl (C=O) groups excluding carboxylic acids is 1. The van der Waals surface area contributed by atoms with Gasteiger partial charge in [-0.2, -0.15) is 0 Å². The normalized spacial score (nSPS) is 10.3. The highest BCUT2D eigenvalue weighted by Crippen LogP contribution is 2.25. The molecule has 0 aliphatic carbocycles. The zero-order chi connectivity index (χ0) is 19.2. The lowest BCUT2D eigenvalue weighted by molar-refractivity contribution is 0.0947. The Balaban J connectivity index is 1.74. The maximum absolute atomic E-state index is 13.3. The molecule has 0 saturated carbocycles. The van der Waals surface area contributed by atoms with Crippen LogP contribution >= 0.6 is 11.6 Å². The first-order valence-corrected chi connectivity index (χ1v) is 8.43. The molecule has 7 heteroatoms. The molecular formula is C20H16ClFN2O3. The van der Waals surface area contributed by atoms with E-state index in [2.05, 4.69) is 10.3 Å². The van der Waals surface area contributed by atoms with E-state index >= 15 is 0 Å². The van der Waals surface area contributed by atoms with Gasteiger partial charge in [-0.3, -0.25) is 4.79 Å². The molecule has 2 aromatic carbocycles. The molecule has 1 heterocycles. The van der Waals surface area contributed by atoms with E-state index in [-0.39, 0.29) is 18.3 Å². The zero-order valence-electron chi connectivity index (χ0n) is 14.4. The predicted molar refractivity (Wildman–Crippen MR) is 99.9 cm³/mol. The van der Waals surface area contributed by atoms with Crippen molar-refractivity contribution in [2.45, 2.75) is 6.54 Å². The van der Waals surface area contributed by atoms with E-state index in [9.17, 15) is 9.18 Å². The number of hydrogen-bond donors (Lipinski definition) is 1. The van der Waals surface area contributed by atoms with Crippen LogP contribution in [0.5, 0.6) is 17.4 Å². The van der Waals surface area contributed by atoms with Crippen LogP contribution < -0.4 is 14.8 Å². The Morgan fingerprint density at radius 1 is 1.19 bits per heavy atom. The number of nitrogens with zero attached hydrogens (tertiary/aromatic N) is 1. The fraction of sp³-hybridized carbons (Fsp3) is 0.100. The van der Waals surface area contributed by atoms with Crippen LogP contribution in [0.15, 0.2) is 60.8 Å². The third-order valence-electron chi connectivity index (χ3n) is 3.71. The number of rotatable bonds is 6. The smallest absolute Gasteiger partial charge is 0.255 e. The first kappa shape index (κ1) is 18.7. The van der Waals surface area contributed by atoms with Crippen molar-refractivity contribution in [3.63, 3.8) is 0 Å². The topological polar surface area (TPSA) is 60.5 Å². The second kappa shape index (κ2) is 8.51. The van der Waals surface area contributed by atoms with E-state index in [0.29, 0.717) is 27.6 Å². The first-order chi connectivity index (χ1) is 13.1. The van der Waals surface area contributed by atoms with Gasteiger partial charge in [0, 0.05) is 29.4 Å². The van der Waals surface area contributed by atoms with E-state index in [0.717, 1.165) is 0 Å². The van der Waals surface area contributed by atoms with Crippen molar-refractivity contribution < 1.29 is 18.7 Å². The first-order valence-electron chi connectivity index (χ1n) is 8.06. The van der Waals surface area contributed by atoms with Crippen molar-refractivity contribution in [1.82, 2.24) is 10.3 Å². The van der Waals surface area contributed by atoms with Gasteiger partial charge in [-0.15, -0.1) is 0 Å². The molecule has 138 valence electrons. The zero-order valence-corrected chi connectivity index (χ0v) is 15.2. The van der Waals surface area contributed by atoms with Crippen molar-refractivity contribution in [2.75, 3.05) is 7.11 Å². The van der Waals surface area contributed by atoms with E-state index in [1.807, 2.05) is 0 Å². The second-order valence-electron chi connectivity index (χ2n) is 5.55. The maximum Gasteiger partial charge on any atom is 0.255 e. The van der Waals surface area contributed by atoms with Crippen molar-refractivity contribution in [2.24, 2.45) is 0 Å². The molecule has 0 bridgehead atoms. The molecule has 0 fully saturated rings. The fourth-order valence-corrected chi connectivity index (χ4v) is 2.58. The molecule has 0 saturated heterocycles. The van der Waals surface area contributed by atoms with E-state index < -0.39 is 5.82 Å². The van der Waals surface area contributed by atoms with Crippen LogP contribution in [0, 0.1) is 5.82 Å². The van der Waals surface area contributed by atoms with Gasteiger partial charge < -0.3 is 14.8 Å². The molecule has 0 aliphatic rings. The summed E-state index contributed by atoms with van der Waals surface area (Å²) in [4.78, 5) is 16.6. The summed E-state index contributed by atoms with van der Waals surface area (Å²) in [6.07, 6.45) is 1.56. The van der Waals surface area contributed by atoms with Gasteiger partial charge in [0.2, 0.25) is 5.88 Å². The molecule has 0 spiro atoms. The SMILES string of the molecule is COc1cc(Cl)ccc1C(=O)NCc1cccnc1Oc1cccc(F)c1. The Bertz CT molecular complexity index is 965. The molecule has 0 aliphatic heterocycles. The van der Waals surface area contributed by atoms with Gasteiger partial charge in [-0.25, -0.2) is 9.37 Å². The summed E-state index contributed by atoms with van der Waals surface area (Å²) in [7, 11) is 1.47. The third-order valence-corrected chi connectivity index (χ3v) is 3.94. The van der Waals surface area contributed by atoms with Crippen LogP contribution in [0.3, 0.4) is 0 Å². The van der Waals surface area contributed by atoms with E-state index in [1.54, 1.807) is 48.7 Å². The van der Waals surface area contributed by atoms with Crippen molar-refractivity contribution in [3.8, 4) is 17.4 Å². The Morgan fingerprint density at radius 2 is 2.04 bits per heavy atom. The number of pyridine rings is 1. The lowest BCUT2D eigenvalue weighted by atomic mass is 10.2. The number of methoxy groups -OCH3 is 1. The van der Waals surface area contributed by atoms with Gasteiger partial charge in [0.15, 0.2) is 0 Å². The molecule has 0 unspecified atom stereocenters. The summed E-state index contributed by atoms with van der Waals surface area (Å²) in [5.74, 6) is 0.242. The molecule has 27 heavy (non-hydrogen) atoms. The molecule has 3 aromatic rings. The molecule has 1 N–H and O–H groups in total. The number of benzene rings is 2. The summed E-state index contributed by atoms with van der Waals surface area (Å²) >= 11 is 5.92. The average Bonchev–Trinajstić information content (AvgIpc) is 2.67. The summed E-state index contributed by atoms with van der Waals surface area (Å²) < 4.78 is 24.2. The Morgan fingerprint density at radius 3 is 2.81 bits per heavy atom. The Labute approximate surface area is 160 Å². The van der Waals surface area contributed by atoms with Crippen LogP contribution in [0.1, 0.15) is 15.9 Å². The summed E-state index contributed by atoms with van der Waals surface area (Å²) in [6, 6.07) is 14.0. The van der Waals surface area contributed by atoms with Gasteiger partial charge in [-0.05, 0) is 36.4 Å². The largest absolute Gasteiger partial charge is 0.496 e. The standard InChI is InChI=1S/C20H16ClFN2O3/c1-26-18-10-14(21)7-8-17(18)19(25)24-12-13-4-3-9-23-20(13)27-16-6-2-5-15(22)11-16/h2-11H,12H2,1H3,(H,24,25). The summed E-state index contributed by atoms with van der Waals surface area (Å²) in [6.45, 7) is 0.170. The number of ether oxygens (including phenoxy) is 2. The molecule has 1 aromatic heterocycles. The number of carbonyl (C=O) groups is 1. The minimum Gasteiger partial charge on any atom is -0.496 e. The van der Waals surface area contributed by atoms with Gasteiger partial charge in [-0.1, -0.05) is 23.7 Å². The van der Waals surface area contributed by atoms with E-state index in [4.69, 9.17) is 21.1 Å². The summed E-state index contributed by atoms with van der Waals surface area (Å²) in [5, 5.41) is 3.26. The molecule has 3 rings (SSSR count). The Kier molecular flexibility index (Phi) is 5.88. The predicted octanol–water partition coefficient (Wildman–Crippen LogP) is 4.61. The van der Waals surface area contributed by atoms with Crippen LogP contribution in [0.4, 0.5) is 4.39 Å². The van der Waals surface area contributed by atoms with E-state index in [1.165, 1.54) is 19.2 Å². The fourth-order valence-electron chi connectivity index (χ4n) is 2.42. The molecule has 0 radical (unpaired) electrons. The summed E-state index contributed by atoms with van der Waals surface area (Å²) in [5.41, 5.74) is 1.00. The second-order valence-corrected chi connectivity index (χ2v) is 5.99. The highest BCUT2D eigenvalue weighted by molar-refractivity contribution is 6.30. The maximum atomic E-state index is 13.3.